The van der Waals surface area contributed by atoms with Crippen molar-refractivity contribution >= 4 is 38.3 Å². The van der Waals surface area contributed by atoms with Crippen LogP contribution in [0.1, 0.15) is 41.0 Å². The standard InChI is InChI=1S/C28H29F3N6S/c1-3-4-9-37-21(15-32)12-23-18(2)19(5-6-25(23)37)16-36-10-7-20(8-11-36)35-26-24-13-22(14-28(29,30)31)38-27(24)34-17-33-26/h3,5-6,12-13,17,20H,1,4,7-11,14,16H2,2H3,(H,33,34,35). The third-order valence-electron chi connectivity index (χ3n) is 7.22. The van der Waals surface area contributed by atoms with Gasteiger partial charge >= 0.3 is 6.18 Å². The third-order valence-corrected chi connectivity index (χ3v) is 8.26. The molecule has 1 aromatic carbocycles. The topological polar surface area (TPSA) is 69.8 Å². The number of nitriles is 1. The number of nitrogens with zero attached hydrogens (tertiary/aromatic N) is 5. The van der Waals surface area contributed by atoms with E-state index in [1.165, 1.54) is 17.5 Å². The van der Waals surface area contributed by atoms with Gasteiger partial charge in [-0.05, 0) is 55.5 Å². The summed E-state index contributed by atoms with van der Waals surface area (Å²) >= 11 is 1.07. The van der Waals surface area contributed by atoms with Gasteiger partial charge in [0.2, 0.25) is 0 Å². The Hall–Kier alpha value is -3.42. The molecule has 0 amide bonds. The number of allylic oxidation sites excluding steroid dienone is 1. The first-order valence-electron chi connectivity index (χ1n) is 12.7. The Balaban J connectivity index is 1.24. The number of benzene rings is 1. The number of hydrogen-bond acceptors (Lipinski definition) is 6. The molecule has 0 aliphatic carbocycles. The summed E-state index contributed by atoms with van der Waals surface area (Å²) < 4.78 is 40.6. The van der Waals surface area contributed by atoms with E-state index in [1.54, 1.807) is 6.07 Å². The molecule has 1 saturated heterocycles. The van der Waals surface area contributed by atoms with E-state index in [1.807, 2.05) is 12.1 Å². The largest absolute Gasteiger partial charge is 0.393 e. The molecule has 1 N–H and O–H groups in total. The lowest BCUT2D eigenvalue weighted by Gasteiger charge is -2.33. The number of hydrogen-bond donors (Lipinski definition) is 1. The maximum atomic E-state index is 12.9. The highest BCUT2D eigenvalue weighted by Gasteiger charge is 2.29. The maximum absolute atomic E-state index is 12.9. The van der Waals surface area contributed by atoms with E-state index in [9.17, 15) is 18.4 Å². The quantitative estimate of drug-likeness (QED) is 0.257. The van der Waals surface area contributed by atoms with Crippen molar-refractivity contribution in [3.05, 3.63) is 64.9 Å². The van der Waals surface area contributed by atoms with Crippen LogP contribution in [0.15, 0.2) is 43.2 Å². The van der Waals surface area contributed by atoms with E-state index < -0.39 is 12.6 Å². The first kappa shape index (κ1) is 26.2. The highest BCUT2D eigenvalue weighted by Crippen LogP contribution is 2.33. The minimum Gasteiger partial charge on any atom is -0.367 e. The van der Waals surface area contributed by atoms with Gasteiger partial charge < -0.3 is 9.88 Å². The van der Waals surface area contributed by atoms with Crippen LogP contribution in [-0.4, -0.2) is 44.7 Å². The van der Waals surface area contributed by atoms with E-state index in [4.69, 9.17) is 0 Å². The second-order valence-electron chi connectivity index (χ2n) is 9.79. The minimum atomic E-state index is -4.24. The number of nitrogens with one attached hydrogen (secondary N) is 1. The van der Waals surface area contributed by atoms with Gasteiger partial charge in [0.15, 0.2) is 0 Å². The molecule has 3 aromatic heterocycles. The molecule has 6 nitrogen and oxygen atoms in total. The number of rotatable bonds is 8. The highest BCUT2D eigenvalue weighted by atomic mass is 32.1. The molecule has 0 radical (unpaired) electrons. The van der Waals surface area contributed by atoms with Crippen molar-refractivity contribution in [3.63, 3.8) is 0 Å². The minimum absolute atomic E-state index is 0.191. The zero-order valence-corrected chi connectivity index (χ0v) is 22.0. The zero-order valence-electron chi connectivity index (χ0n) is 21.2. The molecule has 0 atom stereocenters. The number of aryl methyl sites for hydroxylation is 2. The summed E-state index contributed by atoms with van der Waals surface area (Å²) in [5.41, 5.74) is 4.20. The molecule has 5 rings (SSSR count). The lowest BCUT2D eigenvalue weighted by Crippen LogP contribution is -2.39. The molecule has 4 aromatic rings. The molecule has 1 aliphatic rings. The molecule has 0 spiro atoms. The molecule has 0 saturated carbocycles. The second kappa shape index (κ2) is 10.8. The zero-order chi connectivity index (χ0) is 26.9. The Morgan fingerprint density at radius 3 is 2.71 bits per heavy atom. The molecule has 4 heterocycles. The van der Waals surface area contributed by atoms with Crippen molar-refractivity contribution in [3.8, 4) is 6.07 Å². The summed E-state index contributed by atoms with van der Waals surface area (Å²) in [7, 11) is 0. The molecule has 198 valence electrons. The SMILES string of the molecule is C=CCCn1c(C#N)cc2c(C)c(CN3CCC(Nc4ncnc5sc(CC(F)(F)F)cc45)CC3)ccc21. The first-order valence-corrected chi connectivity index (χ1v) is 13.5. The molecule has 0 unspecified atom stereocenters. The molecule has 1 fully saturated rings. The van der Waals surface area contributed by atoms with Crippen molar-refractivity contribution in [1.29, 1.82) is 5.26 Å². The van der Waals surface area contributed by atoms with Gasteiger partial charge in [-0.2, -0.15) is 18.4 Å². The van der Waals surface area contributed by atoms with Crippen molar-refractivity contribution < 1.29 is 13.2 Å². The lowest BCUT2D eigenvalue weighted by atomic mass is 10.0. The third kappa shape index (κ3) is 5.54. The Morgan fingerprint density at radius 1 is 1.21 bits per heavy atom. The first-order chi connectivity index (χ1) is 18.3. The molecular formula is C28H29F3N6S. The van der Waals surface area contributed by atoms with Crippen LogP contribution in [0.5, 0.6) is 0 Å². The fourth-order valence-electron chi connectivity index (χ4n) is 5.22. The van der Waals surface area contributed by atoms with Crippen LogP contribution in [0.3, 0.4) is 0 Å². The van der Waals surface area contributed by atoms with Crippen LogP contribution in [0.25, 0.3) is 21.1 Å². The van der Waals surface area contributed by atoms with Crippen LogP contribution in [0.4, 0.5) is 19.0 Å². The van der Waals surface area contributed by atoms with Gasteiger partial charge in [-0.1, -0.05) is 12.1 Å². The number of thiophene rings is 1. The van der Waals surface area contributed by atoms with Crippen LogP contribution >= 0.6 is 11.3 Å². The van der Waals surface area contributed by atoms with Gasteiger partial charge in [0, 0.05) is 48.0 Å². The van der Waals surface area contributed by atoms with E-state index in [2.05, 4.69) is 56.5 Å². The van der Waals surface area contributed by atoms with Gasteiger partial charge in [-0.15, -0.1) is 17.9 Å². The summed E-state index contributed by atoms with van der Waals surface area (Å²) in [6.45, 7) is 9.29. The average Bonchev–Trinajstić information content (AvgIpc) is 3.45. The number of alkyl halides is 3. The average molecular weight is 539 g/mol. The summed E-state index contributed by atoms with van der Waals surface area (Å²) in [4.78, 5) is 11.7. The van der Waals surface area contributed by atoms with Crippen LogP contribution < -0.4 is 5.32 Å². The predicted octanol–water partition coefficient (Wildman–Crippen LogP) is 6.58. The second-order valence-corrected chi connectivity index (χ2v) is 10.9. The van der Waals surface area contributed by atoms with Crippen molar-refractivity contribution in [2.24, 2.45) is 0 Å². The Labute approximate surface area is 223 Å². The monoisotopic (exact) mass is 538 g/mol. The van der Waals surface area contributed by atoms with Gasteiger partial charge in [0.25, 0.3) is 0 Å². The summed E-state index contributed by atoms with van der Waals surface area (Å²) in [5.74, 6) is 0.605. The van der Waals surface area contributed by atoms with Gasteiger partial charge in [0.05, 0.1) is 11.8 Å². The highest BCUT2D eigenvalue weighted by molar-refractivity contribution is 7.18. The molecular weight excluding hydrogens is 509 g/mol. The van der Waals surface area contributed by atoms with E-state index >= 15 is 0 Å². The van der Waals surface area contributed by atoms with Crippen molar-refractivity contribution in [2.45, 2.75) is 57.9 Å². The van der Waals surface area contributed by atoms with Crippen LogP contribution in [-0.2, 0) is 19.5 Å². The van der Waals surface area contributed by atoms with E-state index in [0.29, 0.717) is 21.7 Å². The number of piperidine rings is 1. The van der Waals surface area contributed by atoms with Crippen LogP contribution in [0, 0.1) is 18.3 Å². The van der Waals surface area contributed by atoms with Gasteiger partial charge in [-0.25, -0.2) is 9.97 Å². The summed E-state index contributed by atoms with van der Waals surface area (Å²) in [6, 6.07) is 10.3. The van der Waals surface area contributed by atoms with Gasteiger partial charge in [0.1, 0.15) is 28.7 Å². The summed E-state index contributed by atoms with van der Waals surface area (Å²) in [6.07, 6.45) is 0.704. The number of aromatic nitrogens is 3. The number of fused-ring (bicyclic) bond motifs is 2. The normalized spacial score (nSPS) is 15.2. The Morgan fingerprint density at radius 2 is 2.00 bits per heavy atom. The van der Waals surface area contributed by atoms with Gasteiger partial charge in [-0.3, -0.25) is 4.90 Å². The number of anilines is 1. The van der Waals surface area contributed by atoms with Crippen molar-refractivity contribution in [1.82, 2.24) is 19.4 Å². The lowest BCUT2D eigenvalue weighted by molar-refractivity contribution is -0.126. The molecule has 0 bridgehead atoms. The maximum Gasteiger partial charge on any atom is 0.393 e. The van der Waals surface area contributed by atoms with E-state index in [0.717, 1.165) is 67.7 Å². The molecule has 10 heteroatoms. The fourth-order valence-corrected chi connectivity index (χ4v) is 6.25. The fraction of sp³-hybridized carbons (Fsp3) is 0.393. The van der Waals surface area contributed by atoms with Crippen molar-refractivity contribution in [2.75, 3.05) is 18.4 Å². The Bertz CT molecular complexity index is 1510. The van der Waals surface area contributed by atoms with Crippen LogP contribution in [0.2, 0.25) is 0 Å². The number of halogens is 3. The summed E-state index contributed by atoms with van der Waals surface area (Å²) in [5, 5.41) is 14.8. The smallest absolute Gasteiger partial charge is 0.367 e. The van der Waals surface area contributed by atoms with E-state index in [-0.39, 0.29) is 10.9 Å². The molecule has 1 aliphatic heterocycles. The Kier molecular flexibility index (Phi) is 7.41. The predicted molar refractivity (Wildman–Crippen MR) is 145 cm³/mol. The molecule has 38 heavy (non-hydrogen) atoms. The number of likely N-dealkylation sites (tertiary alicyclic amines) is 1.